The van der Waals surface area contributed by atoms with Crippen molar-refractivity contribution in [2.45, 2.75) is 35.5 Å². The van der Waals surface area contributed by atoms with Crippen molar-refractivity contribution in [3.63, 3.8) is 0 Å². The van der Waals surface area contributed by atoms with Gasteiger partial charge in [-0.1, -0.05) is 24.3 Å². The third kappa shape index (κ3) is 3.19. The molecule has 0 aromatic heterocycles. The normalized spacial score (nSPS) is 16.9. The Morgan fingerprint density at radius 2 is 1.37 bits per heavy atom. The molecule has 5 rings (SSSR count). The highest BCUT2D eigenvalue weighted by atomic mass is 32.2. The molecule has 2 aliphatic rings. The quantitative estimate of drug-likeness (QED) is 0.655. The average molecular weight is 443 g/mol. The van der Waals surface area contributed by atoms with E-state index in [-0.39, 0.29) is 9.79 Å². The van der Waals surface area contributed by atoms with Crippen molar-refractivity contribution in [2.75, 3.05) is 17.8 Å². The van der Waals surface area contributed by atoms with Gasteiger partial charge in [-0.15, -0.1) is 0 Å². The smallest absolute Gasteiger partial charge is 0.261 e. The highest BCUT2D eigenvalue weighted by molar-refractivity contribution is 7.92. The predicted octanol–water partition coefficient (Wildman–Crippen LogP) is 3.52. The van der Waals surface area contributed by atoms with Crippen LogP contribution in [0.3, 0.4) is 0 Å². The minimum atomic E-state index is -3.85. The van der Waals surface area contributed by atoms with Crippen LogP contribution in [0, 0.1) is 0 Å². The van der Waals surface area contributed by atoms with Gasteiger partial charge in [-0.05, 0) is 72.5 Å². The molecule has 1 N–H and O–H groups in total. The molecule has 0 atom stereocenters. The fraction of sp³-hybridized carbons (Fsp3) is 0.273. The molecule has 0 amide bonds. The van der Waals surface area contributed by atoms with Gasteiger partial charge in [0.05, 0.1) is 15.5 Å². The zero-order chi connectivity index (χ0) is 20.9. The number of sulfonamides is 2. The second kappa shape index (κ2) is 7.08. The van der Waals surface area contributed by atoms with E-state index in [0.29, 0.717) is 18.8 Å². The zero-order valence-electron chi connectivity index (χ0n) is 16.3. The maximum absolute atomic E-state index is 13.0. The van der Waals surface area contributed by atoms with E-state index < -0.39 is 20.0 Å². The molecule has 6 nitrogen and oxygen atoms in total. The number of nitrogens with one attached hydrogen (secondary N) is 1. The van der Waals surface area contributed by atoms with E-state index >= 15 is 0 Å². The number of hydrogen-bond donors (Lipinski definition) is 1. The van der Waals surface area contributed by atoms with Gasteiger partial charge in [0.1, 0.15) is 0 Å². The van der Waals surface area contributed by atoms with Gasteiger partial charge in [0, 0.05) is 18.5 Å². The molecule has 0 unspecified atom stereocenters. The lowest BCUT2D eigenvalue weighted by Gasteiger charge is -2.16. The van der Waals surface area contributed by atoms with Crippen LogP contribution in [0.5, 0.6) is 0 Å². The van der Waals surface area contributed by atoms with Crippen LogP contribution >= 0.6 is 0 Å². The molecule has 30 heavy (non-hydrogen) atoms. The van der Waals surface area contributed by atoms with Crippen molar-refractivity contribution in [3.05, 3.63) is 65.7 Å². The van der Waals surface area contributed by atoms with Gasteiger partial charge in [0.25, 0.3) is 10.0 Å². The Kier molecular flexibility index (Phi) is 4.61. The highest BCUT2D eigenvalue weighted by Crippen LogP contribution is 2.36. The first-order valence-electron chi connectivity index (χ1n) is 10.0. The SMILES string of the molecule is O=S(=O)(Nc1ccc2c3c(cccc13)CC2)c1ccc(S(=O)(=O)N2CCCC2)cc1. The van der Waals surface area contributed by atoms with Crippen LogP contribution in [0.25, 0.3) is 10.8 Å². The summed E-state index contributed by atoms with van der Waals surface area (Å²) in [5.74, 6) is 0. The van der Waals surface area contributed by atoms with Crippen LogP contribution in [-0.2, 0) is 32.9 Å². The van der Waals surface area contributed by atoms with Crippen molar-refractivity contribution >= 4 is 36.5 Å². The Morgan fingerprint density at radius 3 is 2.07 bits per heavy atom. The lowest BCUT2D eigenvalue weighted by molar-refractivity contribution is 0.477. The summed E-state index contributed by atoms with van der Waals surface area (Å²) < 4.78 is 55.4. The van der Waals surface area contributed by atoms with Gasteiger partial charge in [0.15, 0.2) is 0 Å². The summed E-state index contributed by atoms with van der Waals surface area (Å²) in [4.78, 5) is 0.153. The molecule has 1 aliphatic carbocycles. The number of benzene rings is 3. The first kappa shape index (κ1) is 19.5. The summed E-state index contributed by atoms with van der Waals surface area (Å²) in [5, 5.41) is 2.02. The monoisotopic (exact) mass is 442 g/mol. The summed E-state index contributed by atoms with van der Waals surface area (Å²) >= 11 is 0. The van der Waals surface area contributed by atoms with Gasteiger partial charge in [-0.2, -0.15) is 4.31 Å². The van der Waals surface area contributed by atoms with Crippen molar-refractivity contribution in [1.82, 2.24) is 4.31 Å². The first-order chi connectivity index (χ1) is 14.4. The van der Waals surface area contributed by atoms with Crippen molar-refractivity contribution in [1.29, 1.82) is 0 Å². The molecule has 0 spiro atoms. The molecule has 1 saturated heterocycles. The van der Waals surface area contributed by atoms with E-state index in [2.05, 4.69) is 10.8 Å². The molecule has 0 radical (unpaired) electrons. The molecule has 1 heterocycles. The molecule has 8 heteroatoms. The minimum Gasteiger partial charge on any atom is -0.279 e. The Morgan fingerprint density at radius 1 is 0.733 bits per heavy atom. The topological polar surface area (TPSA) is 83.5 Å². The summed E-state index contributed by atoms with van der Waals surface area (Å²) in [7, 11) is -7.42. The van der Waals surface area contributed by atoms with Gasteiger partial charge >= 0.3 is 0 Å². The molecule has 1 aliphatic heterocycles. The zero-order valence-corrected chi connectivity index (χ0v) is 18.0. The van der Waals surface area contributed by atoms with E-state index in [1.807, 2.05) is 18.2 Å². The number of hydrogen-bond acceptors (Lipinski definition) is 4. The van der Waals surface area contributed by atoms with Crippen molar-refractivity contribution in [2.24, 2.45) is 0 Å². The molecule has 0 bridgehead atoms. The predicted molar refractivity (Wildman–Crippen MR) is 117 cm³/mol. The maximum Gasteiger partial charge on any atom is 0.261 e. The molecular weight excluding hydrogens is 420 g/mol. The lowest BCUT2D eigenvalue weighted by Crippen LogP contribution is -2.27. The summed E-state index contributed by atoms with van der Waals surface area (Å²) in [6.07, 6.45) is 3.64. The van der Waals surface area contributed by atoms with Crippen LogP contribution in [0.1, 0.15) is 24.0 Å². The second-order valence-electron chi connectivity index (χ2n) is 7.80. The number of aryl methyl sites for hydroxylation is 2. The molecular formula is C22H22N2O4S2. The Labute approximate surface area is 176 Å². The maximum atomic E-state index is 13.0. The minimum absolute atomic E-state index is 0.0334. The van der Waals surface area contributed by atoms with Crippen molar-refractivity contribution < 1.29 is 16.8 Å². The van der Waals surface area contributed by atoms with E-state index in [0.717, 1.165) is 36.5 Å². The standard InChI is InChI=1S/C22H22N2O4S2/c25-29(26,18-9-11-19(12-10-18)30(27,28)24-14-1-2-15-24)23-21-13-8-17-7-6-16-4-3-5-20(21)22(16)17/h3-5,8-13,23H,1-2,6-7,14-15H2. The van der Waals surface area contributed by atoms with Gasteiger partial charge < -0.3 is 0 Å². The number of anilines is 1. The number of rotatable bonds is 5. The second-order valence-corrected chi connectivity index (χ2v) is 11.4. The van der Waals surface area contributed by atoms with Gasteiger partial charge in [-0.25, -0.2) is 16.8 Å². The molecule has 0 saturated carbocycles. The van der Waals surface area contributed by atoms with E-state index in [9.17, 15) is 16.8 Å². The summed E-state index contributed by atoms with van der Waals surface area (Å²) in [6, 6.07) is 15.2. The number of nitrogens with zero attached hydrogens (tertiary/aromatic N) is 1. The Hall–Kier alpha value is -2.42. The summed E-state index contributed by atoms with van der Waals surface area (Å²) in [5.41, 5.74) is 3.01. The van der Waals surface area contributed by atoms with Crippen LogP contribution < -0.4 is 4.72 Å². The largest absolute Gasteiger partial charge is 0.279 e. The Bertz CT molecular complexity index is 1330. The third-order valence-electron chi connectivity index (χ3n) is 5.96. The highest BCUT2D eigenvalue weighted by Gasteiger charge is 2.27. The summed E-state index contributed by atoms with van der Waals surface area (Å²) in [6.45, 7) is 1.02. The fourth-order valence-electron chi connectivity index (χ4n) is 4.41. The fourth-order valence-corrected chi connectivity index (χ4v) is 7.00. The molecule has 1 fully saturated rings. The lowest BCUT2D eigenvalue weighted by atomic mass is 10.0. The third-order valence-corrected chi connectivity index (χ3v) is 9.25. The molecule has 3 aromatic carbocycles. The molecule has 156 valence electrons. The van der Waals surface area contributed by atoms with E-state index in [1.165, 1.54) is 39.7 Å². The van der Waals surface area contributed by atoms with Crippen LogP contribution in [0.15, 0.2) is 64.4 Å². The van der Waals surface area contributed by atoms with Crippen LogP contribution in [-0.4, -0.2) is 34.2 Å². The van der Waals surface area contributed by atoms with E-state index in [1.54, 1.807) is 6.07 Å². The van der Waals surface area contributed by atoms with Crippen molar-refractivity contribution in [3.8, 4) is 0 Å². The average Bonchev–Trinajstić information content (AvgIpc) is 3.42. The van der Waals surface area contributed by atoms with Crippen LogP contribution in [0.2, 0.25) is 0 Å². The van der Waals surface area contributed by atoms with Gasteiger partial charge in [0.2, 0.25) is 10.0 Å². The van der Waals surface area contributed by atoms with E-state index in [4.69, 9.17) is 0 Å². The van der Waals surface area contributed by atoms with Gasteiger partial charge in [-0.3, -0.25) is 4.72 Å². The van der Waals surface area contributed by atoms with Crippen LogP contribution in [0.4, 0.5) is 5.69 Å². The first-order valence-corrected chi connectivity index (χ1v) is 13.0. The Balaban J connectivity index is 1.46. The molecule has 3 aromatic rings.